The van der Waals surface area contributed by atoms with Crippen molar-refractivity contribution in [1.82, 2.24) is 0 Å². The van der Waals surface area contributed by atoms with Gasteiger partial charge in [0.1, 0.15) is 0 Å². The smallest absolute Gasteiger partial charge is 0.176 e. The summed E-state index contributed by atoms with van der Waals surface area (Å²) >= 11 is 0. The molecule has 1 heterocycles. The molecule has 0 atom stereocenters. The maximum atomic E-state index is 3.72. The van der Waals surface area contributed by atoms with Crippen LogP contribution in [0.15, 0.2) is 55.4 Å². The summed E-state index contributed by atoms with van der Waals surface area (Å²) in [6, 6.07) is 10.5. The molecule has 1 aromatic heterocycles. The minimum absolute atomic E-state index is 0. The third kappa shape index (κ3) is 2.32. The summed E-state index contributed by atoms with van der Waals surface area (Å²) in [5.74, 6) is 0. The number of benzene rings is 1. The number of hydrogen-bond acceptors (Lipinski definition) is 0. The van der Waals surface area contributed by atoms with Gasteiger partial charge in [-0.05, 0) is 17.5 Å². The normalized spacial score (nSPS) is 9.43. The van der Waals surface area contributed by atoms with Gasteiger partial charge >= 0.3 is 0 Å². The van der Waals surface area contributed by atoms with Crippen LogP contribution in [-0.2, 0) is 6.54 Å². The molecule has 0 radical (unpaired) electrons. The summed E-state index contributed by atoms with van der Waals surface area (Å²) in [7, 11) is 0. The zero-order chi connectivity index (χ0) is 9.10. The van der Waals surface area contributed by atoms with E-state index >= 15 is 0 Å². The van der Waals surface area contributed by atoms with Gasteiger partial charge < -0.3 is 24.0 Å². The van der Waals surface area contributed by atoms with Crippen LogP contribution in [0.3, 0.4) is 0 Å². The summed E-state index contributed by atoms with van der Waals surface area (Å²) in [6.45, 7) is 4.58. The summed E-state index contributed by atoms with van der Waals surface area (Å²) in [4.78, 5) is 0. The Kier molecular flexibility index (Phi) is 4.07. The minimum Gasteiger partial charge on any atom is -1.00 e. The van der Waals surface area contributed by atoms with Gasteiger partial charge in [-0.1, -0.05) is 24.8 Å². The van der Waals surface area contributed by atoms with E-state index in [9.17, 15) is 0 Å². The molecule has 2 rings (SSSR count). The van der Waals surface area contributed by atoms with E-state index in [1.54, 1.807) is 0 Å². The lowest BCUT2D eigenvalue weighted by atomic mass is 10.2. The Labute approximate surface area is 101 Å². The maximum absolute atomic E-state index is 3.72. The van der Waals surface area contributed by atoms with E-state index in [0.717, 1.165) is 6.54 Å². The number of allylic oxidation sites excluding steroid dienone is 1. The van der Waals surface area contributed by atoms with Crippen LogP contribution in [0.5, 0.6) is 0 Å². The van der Waals surface area contributed by atoms with Gasteiger partial charge in [0.25, 0.3) is 0 Å². The lowest BCUT2D eigenvalue weighted by Gasteiger charge is -1.95. The van der Waals surface area contributed by atoms with Crippen LogP contribution in [0.4, 0.5) is 0 Å². The average Bonchev–Trinajstić information content (AvgIpc) is 2.18. The Morgan fingerprint density at radius 1 is 1.14 bits per heavy atom. The van der Waals surface area contributed by atoms with Gasteiger partial charge in [-0.15, -0.1) is 0 Å². The van der Waals surface area contributed by atoms with Crippen molar-refractivity contribution in [2.75, 3.05) is 0 Å². The van der Waals surface area contributed by atoms with Crippen molar-refractivity contribution in [1.29, 1.82) is 0 Å². The first-order valence-corrected chi connectivity index (χ1v) is 4.39. The van der Waals surface area contributed by atoms with Crippen molar-refractivity contribution in [3.63, 3.8) is 0 Å². The van der Waals surface area contributed by atoms with Crippen LogP contribution in [0, 0.1) is 0 Å². The number of halogens is 1. The quantitative estimate of drug-likeness (QED) is 0.393. The van der Waals surface area contributed by atoms with Gasteiger partial charge in [0, 0.05) is 11.5 Å². The van der Waals surface area contributed by atoms with E-state index in [2.05, 4.69) is 53.9 Å². The maximum Gasteiger partial charge on any atom is 0.176 e. The molecule has 1 aromatic carbocycles. The van der Waals surface area contributed by atoms with E-state index in [0.29, 0.717) is 0 Å². The van der Waals surface area contributed by atoms with Crippen molar-refractivity contribution < 1.29 is 28.5 Å². The van der Waals surface area contributed by atoms with Crippen LogP contribution < -0.4 is 28.5 Å². The molecule has 0 N–H and O–H groups in total. The lowest BCUT2D eigenvalue weighted by Crippen LogP contribution is -3.00. The summed E-state index contributed by atoms with van der Waals surface area (Å²) in [5.41, 5.74) is 0. The highest BCUT2D eigenvalue weighted by Gasteiger charge is 1.98. The molecule has 2 heteroatoms. The van der Waals surface area contributed by atoms with Crippen LogP contribution >= 0.6 is 0 Å². The zero-order valence-corrected chi connectivity index (χ0v) is 10.0. The van der Waals surface area contributed by atoms with Gasteiger partial charge in [0.15, 0.2) is 18.9 Å². The van der Waals surface area contributed by atoms with Crippen LogP contribution in [0.2, 0.25) is 0 Å². The third-order valence-electron chi connectivity index (χ3n) is 2.09. The molecule has 0 aliphatic carbocycles. The molecule has 72 valence electrons. The SMILES string of the molecule is C=CC[n+]1ccc2ccccc2c1.[I-]. The molecule has 1 nitrogen and oxygen atoms in total. The van der Waals surface area contributed by atoms with Crippen molar-refractivity contribution in [2.24, 2.45) is 0 Å². The van der Waals surface area contributed by atoms with Gasteiger partial charge in [-0.3, -0.25) is 0 Å². The monoisotopic (exact) mass is 297 g/mol. The predicted octanol–water partition coefficient (Wildman–Crippen LogP) is -0.683. The van der Waals surface area contributed by atoms with E-state index in [4.69, 9.17) is 0 Å². The van der Waals surface area contributed by atoms with Gasteiger partial charge in [-0.2, -0.15) is 0 Å². The number of rotatable bonds is 2. The average molecular weight is 297 g/mol. The van der Waals surface area contributed by atoms with E-state index in [-0.39, 0.29) is 24.0 Å². The molecule has 0 aliphatic heterocycles. The molecule has 0 spiro atoms. The first-order chi connectivity index (χ1) is 6.40. The molecule has 0 fully saturated rings. The highest BCUT2D eigenvalue weighted by molar-refractivity contribution is 5.80. The van der Waals surface area contributed by atoms with Crippen molar-refractivity contribution >= 4 is 10.8 Å². The molecule has 0 aliphatic rings. The van der Waals surface area contributed by atoms with E-state index in [1.807, 2.05) is 6.08 Å². The Morgan fingerprint density at radius 2 is 1.86 bits per heavy atom. The van der Waals surface area contributed by atoms with Crippen molar-refractivity contribution in [3.05, 3.63) is 55.4 Å². The number of aromatic nitrogens is 1. The van der Waals surface area contributed by atoms with Crippen molar-refractivity contribution in [3.8, 4) is 0 Å². The van der Waals surface area contributed by atoms with Gasteiger partial charge in [0.05, 0.1) is 0 Å². The van der Waals surface area contributed by atoms with Gasteiger partial charge in [-0.25, -0.2) is 4.57 Å². The second-order valence-corrected chi connectivity index (χ2v) is 3.06. The van der Waals surface area contributed by atoms with Gasteiger partial charge in [0.2, 0.25) is 0 Å². The summed E-state index contributed by atoms with van der Waals surface area (Å²) in [5, 5.41) is 2.55. The molecule has 2 aromatic rings. The second kappa shape index (κ2) is 5.10. The summed E-state index contributed by atoms with van der Waals surface area (Å²) in [6.07, 6.45) is 6.11. The number of pyridine rings is 1. The fraction of sp³-hybridized carbons (Fsp3) is 0.0833. The predicted molar refractivity (Wildman–Crippen MR) is 54.3 cm³/mol. The molecule has 0 unspecified atom stereocenters. The Hall–Kier alpha value is -0.900. The zero-order valence-electron chi connectivity index (χ0n) is 7.86. The first kappa shape index (κ1) is 11.2. The molecule has 0 saturated carbocycles. The highest BCUT2D eigenvalue weighted by atomic mass is 127. The van der Waals surface area contributed by atoms with Crippen molar-refractivity contribution in [2.45, 2.75) is 6.54 Å². The second-order valence-electron chi connectivity index (χ2n) is 3.06. The molecular weight excluding hydrogens is 285 g/mol. The minimum atomic E-state index is 0. The molecular formula is C12H12IN. The highest BCUT2D eigenvalue weighted by Crippen LogP contribution is 2.09. The first-order valence-electron chi connectivity index (χ1n) is 4.39. The number of nitrogens with zero attached hydrogens (tertiary/aromatic N) is 1. The summed E-state index contributed by atoms with van der Waals surface area (Å²) < 4.78 is 2.12. The van der Waals surface area contributed by atoms with E-state index < -0.39 is 0 Å². The molecule has 0 amide bonds. The number of hydrogen-bond donors (Lipinski definition) is 0. The van der Waals surface area contributed by atoms with E-state index in [1.165, 1.54) is 10.8 Å². The molecule has 0 bridgehead atoms. The Balaban J connectivity index is 0.000000980. The fourth-order valence-corrected chi connectivity index (χ4v) is 1.44. The molecule has 14 heavy (non-hydrogen) atoms. The Bertz CT molecular complexity index is 437. The van der Waals surface area contributed by atoms with Crippen LogP contribution in [0.1, 0.15) is 0 Å². The Morgan fingerprint density at radius 3 is 2.57 bits per heavy atom. The topological polar surface area (TPSA) is 3.88 Å². The standard InChI is InChI=1S/C12H12N.HI/c1-2-8-13-9-7-11-5-3-4-6-12(11)10-13;/h2-7,9-10H,1,8H2;1H/q+1;/p-1. The fourth-order valence-electron chi connectivity index (χ4n) is 1.44. The largest absolute Gasteiger partial charge is 1.00 e. The van der Waals surface area contributed by atoms with Crippen LogP contribution in [-0.4, -0.2) is 0 Å². The third-order valence-corrected chi connectivity index (χ3v) is 2.09. The lowest BCUT2D eigenvalue weighted by molar-refractivity contribution is -0.685. The number of fused-ring (bicyclic) bond motifs is 1. The molecule has 0 saturated heterocycles. The van der Waals surface area contributed by atoms with Crippen LogP contribution in [0.25, 0.3) is 10.8 Å².